The van der Waals surface area contributed by atoms with E-state index in [2.05, 4.69) is 6.58 Å². The van der Waals surface area contributed by atoms with Crippen LogP contribution in [0.2, 0.25) is 0 Å². The summed E-state index contributed by atoms with van der Waals surface area (Å²) in [5, 5.41) is 28.2. The zero-order valence-corrected chi connectivity index (χ0v) is 14.4. The van der Waals surface area contributed by atoms with E-state index in [1.54, 1.807) is 6.92 Å². The first kappa shape index (κ1) is 19.9. The number of benzene rings is 1. The zero-order chi connectivity index (χ0) is 17.9. The molecule has 1 aromatic carbocycles. The number of phenols is 3. The number of carbonyl (C=O) groups excluding carboxylic acids is 1. The van der Waals surface area contributed by atoms with Gasteiger partial charge in [-0.1, -0.05) is 38.7 Å². The van der Waals surface area contributed by atoms with Crippen LogP contribution in [0.15, 0.2) is 24.3 Å². The van der Waals surface area contributed by atoms with Crippen molar-refractivity contribution in [3.63, 3.8) is 0 Å². The summed E-state index contributed by atoms with van der Waals surface area (Å²) in [6.45, 7) is 5.63. The maximum Gasteiger partial charge on any atom is 0.333 e. The van der Waals surface area contributed by atoms with Crippen molar-refractivity contribution in [3.05, 3.63) is 29.8 Å². The van der Waals surface area contributed by atoms with E-state index in [4.69, 9.17) is 4.74 Å². The predicted octanol–water partition coefficient (Wildman–Crippen LogP) is 4.20. The first-order chi connectivity index (χ1) is 11.4. The highest BCUT2D eigenvalue weighted by atomic mass is 16.5. The Balaban J connectivity index is 2.01. The number of ether oxygens (including phenoxy) is 1. The lowest BCUT2D eigenvalue weighted by Crippen LogP contribution is -2.05. The van der Waals surface area contributed by atoms with Crippen molar-refractivity contribution in [1.82, 2.24) is 0 Å². The molecule has 0 aliphatic carbocycles. The Bertz CT molecular complexity index is 528. The fraction of sp³-hybridized carbons (Fsp3) is 0.526. The standard InChI is InChI=1S/C19H28O5/c1-14(2)19(23)24-11-9-7-5-3-4-6-8-10-15-12-16(20)18(22)17(21)13-15/h12-13,20-22H,1,3-11H2,2H3. The lowest BCUT2D eigenvalue weighted by molar-refractivity contribution is -0.139. The summed E-state index contributed by atoms with van der Waals surface area (Å²) < 4.78 is 5.03. The van der Waals surface area contributed by atoms with Gasteiger partial charge < -0.3 is 20.1 Å². The van der Waals surface area contributed by atoms with Crippen LogP contribution in [0.4, 0.5) is 0 Å². The summed E-state index contributed by atoms with van der Waals surface area (Å²) in [5.74, 6) is -1.34. The molecule has 0 saturated heterocycles. The van der Waals surface area contributed by atoms with Gasteiger partial charge in [0.1, 0.15) is 0 Å². The fourth-order valence-corrected chi connectivity index (χ4v) is 2.41. The van der Waals surface area contributed by atoms with Gasteiger partial charge in [0.2, 0.25) is 0 Å². The van der Waals surface area contributed by atoms with Crippen LogP contribution in [0.3, 0.4) is 0 Å². The summed E-state index contributed by atoms with van der Waals surface area (Å²) in [5.41, 5.74) is 1.26. The molecule has 0 radical (unpaired) electrons. The summed E-state index contributed by atoms with van der Waals surface area (Å²) in [4.78, 5) is 11.2. The molecule has 0 spiro atoms. The number of aromatic hydroxyl groups is 3. The van der Waals surface area contributed by atoms with Gasteiger partial charge in [-0.2, -0.15) is 0 Å². The van der Waals surface area contributed by atoms with Crippen molar-refractivity contribution < 1.29 is 24.9 Å². The third-order valence-corrected chi connectivity index (χ3v) is 3.82. The summed E-state index contributed by atoms with van der Waals surface area (Å²) in [6, 6.07) is 2.97. The Labute approximate surface area is 143 Å². The Morgan fingerprint density at radius 1 is 0.958 bits per heavy atom. The molecule has 0 heterocycles. The van der Waals surface area contributed by atoms with Crippen LogP contribution < -0.4 is 0 Å². The van der Waals surface area contributed by atoms with Gasteiger partial charge in [0.15, 0.2) is 17.2 Å². The third kappa shape index (κ3) is 7.40. The number of aryl methyl sites for hydroxylation is 1. The quantitative estimate of drug-likeness (QED) is 0.244. The van der Waals surface area contributed by atoms with E-state index in [1.807, 2.05) is 0 Å². The summed E-state index contributed by atoms with van der Waals surface area (Å²) in [6.07, 6.45) is 8.12. The summed E-state index contributed by atoms with van der Waals surface area (Å²) in [7, 11) is 0. The second kappa shape index (κ2) is 10.6. The van der Waals surface area contributed by atoms with Gasteiger partial charge in [0.25, 0.3) is 0 Å². The number of esters is 1. The molecule has 0 aliphatic rings. The lowest BCUT2D eigenvalue weighted by atomic mass is 10.0. The summed E-state index contributed by atoms with van der Waals surface area (Å²) >= 11 is 0. The molecule has 134 valence electrons. The molecule has 0 amide bonds. The lowest BCUT2D eigenvalue weighted by Gasteiger charge is -2.06. The molecule has 3 N–H and O–H groups in total. The van der Waals surface area contributed by atoms with Crippen LogP contribution in [-0.2, 0) is 16.0 Å². The van der Waals surface area contributed by atoms with Gasteiger partial charge in [-0.05, 0) is 43.9 Å². The van der Waals surface area contributed by atoms with E-state index in [9.17, 15) is 20.1 Å². The van der Waals surface area contributed by atoms with E-state index in [1.165, 1.54) is 12.1 Å². The van der Waals surface area contributed by atoms with Gasteiger partial charge in [-0.3, -0.25) is 0 Å². The van der Waals surface area contributed by atoms with E-state index >= 15 is 0 Å². The van der Waals surface area contributed by atoms with E-state index in [-0.39, 0.29) is 17.5 Å². The fourth-order valence-electron chi connectivity index (χ4n) is 2.41. The molecule has 5 nitrogen and oxygen atoms in total. The smallest absolute Gasteiger partial charge is 0.333 e. The molecule has 0 fully saturated rings. The number of hydrogen-bond donors (Lipinski definition) is 3. The van der Waals surface area contributed by atoms with Gasteiger partial charge >= 0.3 is 5.97 Å². The molecule has 0 saturated carbocycles. The van der Waals surface area contributed by atoms with Crippen molar-refractivity contribution in [2.75, 3.05) is 6.61 Å². The van der Waals surface area contributed by atoms with Crippen molar-refractivity contribution in [2.45, 2.75) is 58.3 Å². The molecular weight excluding hydrogens is 308 g/mol. The molecule has 0 bridgehead atoms. The first-order valence-electron chi connectivity index (χ1n) is 8.48. The minimum Gasteiger partial charge on any atom is -0.504 e. The SMILES string of the molecule is C=C(C)C(=O)OCCCCCCCCCc1cc(O)c(O)c(O)c1. The normalized spacial score (nSPS) is 10.5. The number of rotatable bonds is 11. The van der Waals surface area contributed by atoms with Crippen LogP contribution in [0.5, 0.6) is 17.2 Å². The molecular formula is C19H28O5. The van der Waals surface area contributed by atoms with Crippen molar-refractivity contribution in [1.29, 1.82) is 0 Å². The third-order valence-electron chi connectivity index (χ3n) is 3.82. The molecule has 0 unspecified atom stereocenters. The van der Waals surface area contributed by atoms with Crippen LogP contribution >= 0.6 is 0 Å². The Morgan fingerprint density at radius 3 is 2.00 bits per heavy atom. The van der Waals surface area contributed by atoms with Crippen molar-refractivity contribution >= 4 is 5.97 Å². The maximum atomic E-state index is 11.2. The van der Waals surface area contributed by atoms with Crippen molar-refractivity contribution in [2.24, 2.45) is 0 Å². The van der Waals surface area contributed by atoms with E-state index < -0.39 is 5.75 Å². The molecule has 5 heteroatoms. The largest absolute Gasteiger partial charge is 0.504 e. The molecule has 1 rings (SSSR count). The second-order valence-electron chi connectivity index (χ2n) is 6.12. The minimum atomic E-state index is -0.465. The number of unbranched alkanes of at least 4 members (excludes halogenated alkanes) is 6. The number of hydrogen-bond acceptors (Lipinski definition) is 5. The Morgan fingerprint density at radius 2 is 1.46 bits per heavy atom. The minimum absolute atomic E-state index is 0.280. The zero-order valence-electron chi connectivity index (χ0n) is 14.4. The van der Waals surface area contributed by atoms with Gasteiger partial charge in [-0.15, -0.1) is 0 Å². The van der Waals surface area contributed by atoms with Crippen LogP contribution in [0.25, 0.3) is 0 Å². The maximum absolute atomic E-state index is 11.2. The predicted molar refractivity (Wildman–Crippen MR) is 93.2 cm³/mol. The Kier molecular flexibility index (Phi) is 8.76. The number of phenolic OH excluding ortho intramolecular Hbond substituents is 3. The van der Waals surface area contributed by atoms with Crippen LogP contribution in [0, 0.1) is 0 Å². The molecule has 24 heavy (non-hydrogen) atoms. The van der Waals surface area contributed by atoms with Crippen molar-refractivity contribution in [3.8, 4) is 17.2 Å². The van der Waals surface area contributed by atoms with Crippen LogP contribution in [-0.4, -0.2) is 27.9 Å². The molecule has 0 atom stereocenters. The second-order valence-corrected chi connectivity index (χ2v) is 6.12. The topological polar surface area (TPSA) is 87.0 Å². The average Bonchev–Trinajstić information content (AvgIpc) is 2.53. The molecule has 1 aromatic rings. The highest BCUT2D eigenvalue weighted by Gasteiger charge is 2.07. The Hall–Kier alpha value is -2.17. The van der Waals surface area contributed by atoms with Crippen LogP contribution in [0.1, 0.15) is 57.4 Å². The molecule has 0 aromatic heterocycles. The van der Waals surface area contributed by atoms with Gasteiger partial charge in [0.05, 0.1) is 6.61 Å². The highest BCUT2D eigenvalue weighted by Crippen LogP contribution is 2.35. The van der Waals surface area contributed by atoms with E-state index in [0.717, 1.165) is 56.9 Å². The monoisotopic (exact) mass is 336 g/mol. The molecule has 0 aliphatic heterocycles. The highest BCUT2D eigenvalue weighted by molar-refractivity contribution is 5.86. The van der Waals surface area contributed by atoms with Gasteiger partial charge in [-0.25, -0.2) is 4.79 Å². The first-order valence-corrected chi connectivity index (χ1v) is 8.48. The van der Waals surface area contributed by atoms with E-state index in [0.29, 0.717) is 12.2 Å². The van der Waals surface area contributed by atoms with Gasteiger partial charge in [0, 0.05) is 5.57 Å². The number of carbonyl (C=O) groups is 1. The average molecular weight is 336 g/mol.